The number of esters is 1. The van der Waals surface area contributed by atoms with Crippen molar-refractivity contribution in [3.05, 3.63) is 47.1 Å². The van der Waals surface area contributed by atoms with Crippen LogP contribution < -0.4 is 0 Å². The van der Waals surface area contributed by atoms with E-state index in [2.05, 4.69) is 39.8 Å². The van der Waals surface area contributed by atoms with Gasteiger partial charge < -0.3 is 28.8 Å². The van der Waals surface area contributed by atoms with Crippen LogP contribution in [0.15, 0.2) is 47.1 Å². The molecule has 0 saturated carbocycles. The molecule has 0 amide bonds. The fraction of sp³-hybridized carbons (Fsp3) is 0.727. The molecule has 1 spiro atoms. The van der Waals surface area contributed by atoms with Gasteiger partial charge in [0, 0.05) is 26.4 Å². The van der Waals surface area contributed by atoms with E-state index in [1.54, 1.807) is 7.11 Å². The standard InChI is InChI=1S/C33H48O7/c1-7-28-22(4)13-14-32(40-28)18-26-17-25(39-32)12-11-21(3)15-20(2)9-8-10-24-19-37-30-29(36-6)23(5)16-27(31(34)38-26)33(24,30)35/h8-11,16,20,22,25-30,35H,7,12-15,17-19H2,1-6H3/b9-8+,21-11+,24-10+/t20-,22-,25+,26-,27-,28+,29+,30+,32+,33+/m0/s1. The van der Waals surface area contributed by atoms with Crippen LogP contribution in [0.1, 0.15) is 79.6 Å². The number of ether oxygens (including phenoxy) is 5. The summed E-state index contributed by atoms with van der Waals surface area (Å²) in [5.41, 5.74) is 1.28. The van der Waals surface area contributed by atoms with Gasteiger partial charge in [0.2, 0.25) is 0 Å². The van der Waals surface area contributed by atoms with Gasteiger partial charge in [-0.25, -0.2) is 0 Å². The van der Waals surface area contributed by atoms with Crippen LogP contribution in [0.2, 0.25) is 0 Å². The molecule has 4 aliphatic heterocycles. The van der Waals surface area contributed by atoms with Crippen molar-refractivity contribution in [2.24, 2.45) is 17.8 Å². The molecule has 5 aliphatic rings. The number of rotatable bonds is 2. The molecule has 7 heteroatoms. The highest BCUT2D eigenvalue weighted by atomic mass is 16.7. The average molecular weight is 557 g/mol. The quantitative estimate of drug-likeness (QED) is 0.351. The van der Waals surface area contributed by atoms with Gasteiger partial charge in [0.05, 0.1) is 18.8 Å². The number of aliphatic hydroxyl groups is 1. The Morgan fingerprint density at radius 3 is 2.73 bits per heavy atom. The average Bonchev–Trinajstić information content (AvgIpc) is 3.24. The third-order valence-corrected chi connectivity index (χ3v) is 9.72. The number of carbonyl (C=O) groups is 1. The zero-order valence-electron chi connectivity index (χ0n) is 25.1. The minimum atomic E-state index is -1.55. The first kappa shape index (κ1) is 29.7. The fourth-order valence-corrected chi connectivity index (χ4v) is 7.52. The molecule has 222 valence electrons. The number of hydrogen-bond acceptors (Lipinski definition) is 7. The van der Waals surface area contributed by atoms with Gasteiger partial charge in [-0.1, -0.05) is 56.7 Å². The molecule has 40 heavy (non-hydrogen) atoms. The number of methoxy groups -OCH3 is 1. The van der Waals surface area contributed by atoms with E-state index in [0.29, 0.717) is 30.3 Å². The van der Waals surface area contributed by atoms with Gasteiger partial charge in [-0.3, -0.25) is 4.79 Å². The zero-order valence-corrected chi connectivity index (χ0v) is 25.1. The molecule has 5 rings (SSSR count). The molecule has 1 N–H and O–H groups in total. The molecule has 0 aromatic carbocycles. The van der Waals surface area contributed by atoms with Gasteiger partial charge in [-0.05, 0) is 62.5 Å². The number of fused-ring (bicyclic) bond motifs is 2. The fourth-order valence-electron chi connectivity index (χ4n) is 7.52. The summed E-state index contributed by atoms with van der Waals surface area (Å²) < 4.78 is 31.5. The summed E-state index contributed by atoms with van der Waals surface area (Å²) in [6.45, 7) is 10.9. The Bertz CT molecular complexity index is 1070. The summed E-state index contributed by atoms with van der Waals surface area (Å²) in [7, 11) is 1.61. The van der Waals surface area contributed by atoms with Gasteiger partial charge in [0.1, 0.15) is 29.8 Å². The Kier molecular flexibility index (Phi) is 8.80. The Labute approximate surface area is 239 Å². The first-order valence-electron chi connectivity index (χ1n) is 15.2. The molecule has 0 radical (unpaired) electrons. The van der Waals surface area contributed by atoms with Crippen LogP contribution in [0.3, 0.4) is 0 Å². The maximum Gasteiger partial charge on any atom is 0.316 e. The molecule has 0 aromatic rings. The third kappa shape index (κ3) is 5.65. The monoisotopic (exact) mass is 556 g/mol. The predicted octanol–water partition coefficient (Wildman–Crippen LogP) is 5.58. The first-order valence-corrected chi connectivity index (χ1v) is 15.2. The second kappa shape index (κ2) is 11.8. The summed E-state index contributed by atoms with van der Waals surface area (Å²) in [4.78, 5) is 14.0. The highest BCUT2D eigenvalue weighted by molar-refractivity contribution is 5.78. The molecular weight excluding hydrogens is 508 g/mol. The number of allylic oxidation sites excluding steroid dienone is 4. The van der Waals surface area contributed by atoms with Gasteiger partial charge in [0.25, 0.3) is 0 Å². The van der Waals surface area contributed by atoms with E-state index < -0.39 is 35.5 Å². The summed E-state index contributed by atoms with van der Waals surface area (Å²) in [6.07, 6.45) is 14.1. The Balaban J connectivity index is 1.52. The van der Waals surface area contributed by atoms with Crippen molar-refractivity contribution in [3.8, 4) is 0 Å². The lowest BCUT2D eigenvalue weighted by atomic mass is 9.70. The van der Waals surface area contributed by atoms with E-state index in [1.807, 2.05) is 25.2 Å². The topological polar surface area (TPSA) is 83.5 Å². The third-order valence-electron chi connectivity index (χ3n) is 9.72. The first-order chi connectivity index (χ1) is 19.1. The molecule has 10 atom stereocenters. The van der Waals surface area contributed by atoms with Crippen molar-refractivity contribution in [2.75, 3.05) is 13.7 Å². The van der Waals surface area contributed by atoms with Crippen LogP contribution in [0.25, 0.3) is 0 Å². The summed E-state index contributed by atoms with van der Waals surface area (Å²) >= 11 is 0. The Morgan fingerprint density at radius 1 is 1.18 bits per heavy atom. The van der Waals surface area contributed by atoms with Crippen LogP contribution >= 0.6 is 0 Å². The van der Waals surface area contributed by atoms with Crippen LogP contribution in [0, 0.1) is 17.8 Å². The molecule has 2 bridgehead atoms. The van der Waals surface area contributed by atoms with E-state index >= 15 is 0 Å². The van der Waals surface area contributed by atoms with E-state index in [1.165, 1.54) is 5.57 Å². The van der Waals surface area contributed by atoms with Crippen molar-refractivity contribution >= 4 is 5.97 Å². The van der Waals surface area contributed by atoms with Gasteiger partial charge in [0.15, 0.2) is 5.79 Å². The van der Waals surface area contributed by atoms with Crippen LogP contribution in [-0.2, 0) is 28.5 Å². The Hall–Kier alpha value is -1.77. The number of hydrogen-bond donors (Lipinski definition) is 1. The van der Waals surface area contributed by atoms with Crippen molar-refractivity contribution < 1.29 is 33.6 Å². The second-order valence-electron chi connectivity index (χ2n) is 12.9. The minimum absolute atomic E-state index is 0.117. The normalized spacial score (nSPS) is 47.8. The van der Waals surface area contributed by atoms with Gasteiger partial charge in [-0.15, -0.1) is 0 Å². The van der Waals surface area contributed by atoms with Crippen molar-refractivity contribution in [1.29, 1.82) is 0 Å². The highest BCUT2D eigenvalue weighted by Crippen LogP contribution is 2.48. The lowest BCUT2D eigenvalue weighted by molar-refractivity contribution is -0.335. The molecule has 4 heterocycles. The lowest BCUT2D eigenvalue weighted by Crippen LogP contribution is -2.58. The molecule has 1 aliphatic carbocycles. The molecular formula is C33H48O7. The maximum atomic E-state index is 14.0. The second-order valence-corrected chi connectivity index (χ2v) is 12.9. The van der Waals surface area contributed by atoms with E-state index in [9.17, 15) is 9.90 Å². The SMILES string of the molecule is CC[C@H]1O[C@]2(CC[C@@H]1C)C[C@@H]1C[C@@H](C/C=C(\C)C[C@@H](C)/C=C/C=C3\CO[C@@H]4[C@H](OC)C(C)=C[C@@H](C(=O)O1)[C@]34O)O2. The maximum absolute atomic E-state index is 14.0. The minimum Gasteiger partial charge on any atom is -0.462 e. The Morgan fingerprint density at radius 2 is 1.98 bits per heavy atom. The van der Waals surface area contributed by atoms with E-state index in [0.717, 1.165) is 37.7 Å². The predicted molar refractivity (Wildman–Crippen MR) is 152 cm³/mol. The van der Waals surface area contributed by atoms with Gasteiger partial charge in [-0.2, -0.15) is 0 Å². The van der Waals surface area contributed by atoms with Crippen LogP contribution in [-0.4, -0.2) is 66.7 Å². The molecule has 3 saturated heterocycles. The molecule has 3 fully saturated rings. The summed E-state index contributed by atoms with van der Waals surface area (Å²) in [6, 6.07) is 0. The lowest BCUT2D eigenvalue weighted by Gasteiger charge is -2.50. The molecule has 0 aromatic heterocycles. The van der Waals surface area contributed by atoms with Crippen molar-refractivity contribution in [1.82, 2.24) is 0 Å². The van der Waals surface area contributed by atoms with Crippen molar-refractivity contribution in [2.45, 2.75) is 121 Å². The molecule has 7 nitrogen and oxygen atoms in total. The molecule has 0 unspecified atom stereocenters. The summed E-state index contributed by atoms with van der Waals surface area (Å²) in [5.74, 6) is -1.32. The van der Waals surface area contributed by atoms with E-state index in [-0.39, 0.29) is 24.9 Å². The number of carbonyl (C=O) groups excluding carboxylic acids is 1. The van der Waals surface area contributed by atoms with Crippen LogP contribution in [0.4, 0.5) is 0 Å². The van der Waals surface area contributed by atoms with Gasteiger partial charge >= 0.3 is 5.97 Å². The van der Waals surface area contributed by atoms with E-state index in [4.69, 9.17) is 23.7 Å². The summed E-state index contributed by atoms with van der Waals surface area (Å²) in [5, 5.41) is 12.3. The van der Waals surface area contributed by atoms with Crippen LogP contribution in [0.5, 0.6) is 0 Å². The zero-order chi connectivity index (χ0) is 28.7. The largest absolute Gasteiger partial charge is 0.462 e. The highest BCUT2D eigenvalue weighted by Gasteiger charge is 2.60. The smallest absolute Gasteiger partial charge is 0.316 e. The van der Waals surface area contributed by atoms with Crippen molar-refractivity contribution in [3.63, 3.8) is 0 Å².